The molecule has 166 valence electrons. The number of tetrazole rings is 1. The smallest absolute Gasteiger partial charge is 0.227 e. The van der Waals surface area contributed by atoms with Crippen molar-refractivity contribution in [1.82, 2.24) is 25.1 Å². The molecule has 1 aromatic heterocycles. The molecule has 0 atom stereocenters. The van der Waals surface area contributed by atoms with Crippen LogP contribution in [0.5, 0.6) is 5.75 Å². The Balaban J connectivity index is 1.24. The second-order valence-electron chi connectivity index (χ2n) is 7.74. The van der Waals surface area contributed by atoms with E-state index in [4.69, 9.17) is 4.74 Å². The van der Waals surface area contributed by atoms with Crippen LogP contribution in [0, 0.1) is 12.8 Å². The van der Waals surface area contributed by atoms with Crippen molar-refractivity contribution in [2.75, 3.05) is 25.0 Å². The third-order valence-electron chi connectivity index (χ3n) is 5.53. The summed E-state index contributed by atoms with van der Waals surface area (Å²) in [7, 11) is 0. The van der Waals surface area contributed by atoms with Crippen LogP contribution in [0.2, 0.25) is 0 Å². The van der Waals surface area contributed by atoms with Crippen LogP contribution in [-0.2, 0) is 9.59 Å². The average Bonchev–Trinajstić information content (AvgIpc) is 3.26. The number of amides is 2. The van der Waals surface area contributed by atoms with Crippen LogP contribution in [0.15, 0.2) is 54.6 Å². The maximum atomic E-state index is 12.8. The second-order valence-corrected chi connectivity index (χ2v) is 7.74. The van der Waals surface area contributed by atoms with E-state index in [1.165, 1.54) is 0 Å². The molecule has 1 aliphatic rings. The number of aryl methyl sites for hydroxylation is 1. The average molecular weight is 435 g/mol. The van der Waals surface area contributed by atoms with Crippen LogP contribution in [0.3, 0.4) is 0 Å². The summed E-state index contributed by atoms with van der Waals surface area (Å²) in [6.45, 7) is 3.31. The first-order chi connectivity index (χ1) is 15.6. The molecule has 32 heavy (non-hydrogen) atoms. The molecule has 0 unspecified atom stereocenters. The Hall–Kier alpha value is -3.75. The van der Waals surface area contributed by atoms with Crippen molar-refractivity contribution < 1.29 is 14.3 Å². The van der Waals surface area contributed by atoms with Gasteiger partial charge in [0, 0.05) is 24.7 Å². The molecule has 9 heteroatoms. The molecule has 1 fully saturated rings. The minimum atomic E-state index is -0.127. The van der Waals surface area contributed by atoms with Crippen molar-refractivity contribution in [1.29, 1.82) is 0 Å². The van der Waals surface area contributed by atoms with E-state index >= 15 is 0 Å². The number of carbonyl (C=O) groups excluding carboxylic acids is 2. The Kier molecular flexibility index (Phi) is 6.74. The summed E-state index contributed by atoms with van der Waals surface area (Å²) in [6.07, 6.45) is 1.61. The lowest BCUT2D eigenvalue weighted by Gasteiger charge is -2.31. The van der Waals surface area contributed by atoms with Crippen LogP contribution in [0.25, 0.3) is 5.69 Å². The number of ether oxygens (including phenoxy) is 1. The van der Waals surface area contributed by atoms with Crippen molar-refractivity contribution in [3.8, 4) is 11.4 Å². The monoisotopic (exact) mass is 434 g/mol. The third-order valence-corrected chi connectivity index (χ3v) is 5.53. The van der Waals surface area contributed by atoms with Gasteiger partial charge in [-0.3, -0.25) is 9.59 Å². The van der Waals surface area contributed by atoms with E-state index in [-0.39, 0.29) is 17.7 Å². The number of anilines is 1. The largest absolute Gasteiger partial charge is 0.493 e. The molecular formula is C23H26N6O3. The minimum absolute atomic E-state index is 0.0323. The fraction of sp³-hybridized carbons (Fsp3) is 0.348. The number of benzene rings is 2. The number of hydrogen-bond acceptors (Lipinski definition) is 6. The number of piperidine rings is 1. The molecule has 2 heterocycles. The van der Waals surface area contributed by atoms with Gasteiger partial charge in [-0.15, -0.1) is 5.10 Å². The number of likely N-dealkylation sites (tertiary alicyclic amines) is 1. The summed E-state index contributed by atoms with van der Waals surface area (Å²) >= 11 is 0. The topological polar surface area (TPSA) is 102 Å². The van der Waals surface area contributed by atoms with Gasteiger partial charge in [0.25, 0.3) is 0 Å². The highest BCUT2D eigenvalue weighted by Crippen LogP contribution is 2.21. The van der Waals surface area contributed by atoms with Gasteiger partial charge in [-0.2, -0.15) is 4.68 Å². The van der Waals surface area contributed by atoms with Gasteiger partial charge in [0.2, 0.25) is 11.8 Å². The first-order valence-corrected chi connectivity index (χ1v) is 10.7. The Bertz CT molecular complexity index is 1060. The molecule has 2 aromatic carbocycles. The van der Waals surface area contributed by atoms with E-state index in [1.54, 1.807) is 4.68 Å². The summed E-state index contributed by atoms with van der Waals surface area (Å²) in [5.74, 6) is 1.33. The van der Waals surface area contributed by atoms with Crippen LogP contribution in [0.4, 0.5) is 5.69 Å². The molecule has 1 N–H and O–H groups in total. The molecular weight excluding hydrogens is 408 g/mol. The van der Waals surface area contributed by atoms with Crippen LogP contribution in [0.1, 0.15) is 25.1 Å². The predicted molar refractivity (Wildman–Crippen MR) is 118 cm³/mol. The highest BCUT2D eigenvalue weighted by Gasteiger charge is 2.27. The van der Waals surface area contributed by atoms with Gasteiger partial charge in [0.05, 0.1) is 18.7 Å². The molecule has 1 aliphatic heterocycles. The van der Waals surface area contributed by atoms with Crippen molar-refractivity contribution in [2.45, 2.75) is 26.2 Å². The van der Waals surface area contributed by atoms with E-state index in [2.05, 4.69) is 20.8 Å². The molecule has 0 spiro atoms. The number of aromatic nitrogens is 4. The zero-order valence-electron chi connectivity index (χ0n) is 18.0. The Morgan fingerprint density at radius 1 is 1.09 bits per heavy atom. The van der Waals surface area contributed by atoms with E-state index in [0.29, 0.717) is 50.5 Å². The van der Waals surface area contributed by atoms with Crippen molar-refractivity contribution in [2.24, 2.45) is 5.92 Å². The van der Waals surface area contributed by atoms with Gasteiger partial charge in [0.1, 0.15) is 5.75 Å². The Morgan fingerprint density at radius 3 is 2.59 bits per heavy atom. The Labute approximate surface area is 186 Å². The summed E-state index contributed by atoms with van der Waals surface area (Å²) < 4.78 is 7.22. The molecule has 3 aromatic rings. The number of nitrogens with one attached hydrogen (secondary N) is 1. The summed E-state index contributed by atoms with van der Waals surface area (Å²) in [5, 5.41) is 14.5. The van der Waals surface area contributed by atoms with Crippen LogP contribution in [-0.4, -0.2) is 56.6 Å². The van der Waals surface area contributed by atoms with Crippen LogP contribution < -0.4 is 10.1 Å². The lowest BCUT2D eigenvalue weighted by Crippen LogP contribution is -2.41. The highest BCUT2D eigenvalue weighted by atomic mass is 16.5. The van der Waals surface area contributed by atoms with Gasteiger partial charge in [-0.05, 0) is 60.5 Å². The van der Waals surface area contributed by atoms with E-state index in [9.17, 15) is 9.59 Å². The van der Waals surface area contributed by atoms with Gasteiger partial charge in [-0.25, -0.2) is 0 Å². The number of nitrogens with zero attached hydrogens (tertiary/aromatic N) is 5. The first kappa shape index (κ1) is 21.5. The first-order valence-electron chi connectivity index (χ1n) is 10.7. The van der Waals surface area contributed by atoms with Gasteiger partial charge in [-0.1, -0.05) is 24.3 Å². The van der Waals surface area contributed by atoms with E-state index < -0.39 is 0 Å². The maximum absolute atomic E-state index is 12.8. The lowest BCUT2D eigenvalue weighted by molar-refractivity contribution is -0.135. The number of rotatable bonds is 7. The summed E-state index contributed by atoms with van der Waals surface area (Å²) in [4.78, 5) is 27.0. The van der Waals surface area contributed by atoms with Gasteiger partial charge >= 0.3 is 0 Å². The molecule has 0 radical (unpaired) electrons. The minimum Gasteiger partial charge on any atom is -0.493 e. The molecule has 2 amide bonds. The highest BCUT2D eigenvalue weighted by molar-refractivity contribution is 5.93. The van der Waals surface area contributed by atoms with Gasteiger partial charge in [0.15, 0.2) is 5.82 Å². The fourth-order valence-electron chi connectivity index (χ4n) is 3.75. The third kappa shape index (κ3) is 5.29. The number of hydrogen-bond donors (Lipinski definition) is 1. The molecule has 9 nitrogen and oxygen atoms in total. The Morgan fingerprint density at radius 2 is 1.88 bits per heavy atom. The lowest BCUT2D eigenvalue weighted by atomic mass is 9.95. The van der Waals surface area contributed by atoms with E-state index in [1.807, 2.05) is 66.4 Å². The normalized spacial score (nSPS) is 14.2. The van der Waals surface area contributed by atoms with Crippen molar-refractivity contribution >= 4 is 17.5 Å². The molecule has 0 bridgehead atoms. The SMILES string of the molecule is Cc1nnnn1-c1cccc(NC(=O)C2CCN(C(=O)CCOc3ccccc3)CC2)c1. The second kappa shape index (κ2) is 10.0. The number of carbonyl (C=O) groups is 2. The zero-order chi connectivity index (χ0) is 22.3. The van der Waals surface area contributed by atoms with Crippen molar-refractivity contribution in [3.05, 3.63) is 60.4 Å². The zero-order valence-corrected chi connectivity index (χ0v) is 18.0. The summed E-state index contributed by atoms with van der Waals surface area (Å²) in [5.41, 5.74) is 1.47. The van der Waals surface area contributed by atoms with E-state index in [0.717, 1.165) is 11.4 Å². The quantitative estimate of drug-likeness (QED) is 0.613. The van der Waals surface area contributed by atoms with Gasteiger partial charge < -0.3 is 15.0 Å². The molecule has 4 rings (SSSR count). The number of para-hydroxylation sites is 1. The fourth-order valence-corrected chi connectivity index (χ4v) is 3.75. The predicted octanol–water partition coefficient (Wildman–Crippen LogP) is 2.62. The van der Waals surface area contributed by atoms with Crippen molar-refractivity contribution in [3.63, 3.8) is 0 Å². The standard InChI is InChI=1S/C23H26N6O3/c1-17-25-26-27-29(17)20-7-5-6-19(16-20)24-23(31)18-10-13-28(14-11-18)22(30)12-15-32-21-8-3-2-4-9-21/h2-9,16,18H,10-15H2,1H3,(H,24,31). The molecule has 1 saturated heterocycles. The maximum Gasteiger partial charge on any atom is 0.227 e. The molecule has 0 aliphatic carbocycles. The molecule has 0 saturated carbocycles. The summed E-state index contributed by atoms with van der Waals surface area (Å²) in [6, 6.07) is 16.9. The van der Waals surface area contributed by atoms with Crippen LogP contribution >= 0.6 is 0 Å².